The van der Waals surface area contributed by atoms with Gasteiger partial charge in [0.15, 0.2) is 5.76 Å². The van der Waals surface area contributed by atoms with Gasteiger partial charge in [0.1, 0.15) is 6.04 Å². The Balaban J connectivity index is 1.32. The lowest BCUT2D eigenvalue weighted by molar-refractivity contribution is -0.145. The van der Waals surface area contributed by atoms with Crippen LogP contribution in [0.5, 0.6) is 0 Å². The van der Waals surface area contributed by atoms with E-state index in [1.165, 1.54) is 11.2 Å². The highest BCUT2D eigenvalue weighted by Gasteiger charge is 2.35. The Morgan fingerprint density at radius 3 is 2.51 bits per heavy atom. The van der Waals surface area contributed by atoms with Crippen LogP contribution in [-0.2, 0) is 14.4 Å². The molecule has 10 heteroatoms. The lowest BCUT2D eigenvalue weighted by Crippen LogP contribution is -2.60. The molecule has 2 aliphatic rings. The summed E-state index contributed by atoms with van der Waals surface area (Å²) < 4.78 is 5.19. The summed E-state index contributed by atoms with van der Waals surface area (Å²) in [5.41, 5.74) is 2.84. The molecule has 0 spiro atoms. The van der Waals surface area contributed by atoms with Gasteiger partial charge in [0.25, 0.3) is 5.91 Å². The van der Waals surface area contributed by atoms with Crippen molar-refractivity contribution >= 4 is 29.3 Å². The summed E-state index contributed by atoms with van der Waals surface area (Å²) in [4.78, 5) is 56.0. The minimum absolute atomic E-state index is 0.115. The number of carbonyl (C=O) groups is 4. The van der Waals surface area contributed by atoms with Gasteiger partial charge in [-0.1, -0.05) is 6.07 Å². The number of piperazine rings is 2. The number of carbonyl (C=O) groups excluding carboxylic acids is 4. The summed E-state index contributed by atoms with van der Waals surface area (Å²) in [5, 5.41) is 5.59. The largest absolute Gasteiger partial charge is 0.459 e. The molecule has 2 aliphatic heterocycles. The molecule has 1 atom stereocenters. The SMILES string of the molecule is Cc1ccc(NC(=O)CC2C(=O)NCCN2C(=O)CN2CCN(C(=O)c3ccco3)CC2)cc1C. The summed E-state index contributed by atoms with van der Waals surface area (Å²) in [5.74, 6) is -0.708. The van der Waals surface area contributed by atoms with Crippen LogP contribution in [0.3, 0.4) is 0 Å². The van der Waals surface area contributed by atoms with Gasteiger partial charge in [-0.3, -0.25) is 24.1 Å². The van der Waals surface area contributed by atoms with Gasteiger partial charge in [-0.2, -0.15) is 0 Å². The number of anilines is 1. The standard InChI is InChI=1S/C25H31N5O5/c1-17-5-6-19(14-18(17)2)27-22(31)15-20-24(33)26-7-8-30(20)23(32)16-28-9-11-29(12-10-28)25(34)21-4-3-13-35-21/h3-6,13-14,20H,7-12,15-16H2,1-2H3,(H,26,33)(H,27,31). The molecular weight excluding hydrogens is 450 g/mol. The Morgan fingerprint density at radius 1 is 1.06 bits per heavy atom. The van der Waals surface area contributed by atoms with Crippen molar-refractivity contribution in [2.75, 3.05) is 51.1 Å². The van der Waals surface area contributed by atoms with Gasteiger partial charge in [-0.25, -0.2) is 0 Å². The van der Waals surface area contributed by atoms with Crippen molar-refractivity contribution in [1.82, 2.24) is 20.0 Å². The highest BCUT2D eigenvalue weighted by atomic mass is 16.3. The van der Waals surface area contributed by atoms with E-state index >= 15 is 0 Å². The van der Waals surface area contributed by atoms with Crippen LogP contribution in [-0.4, -0.2) is 90.2 Å². The number of hydrogen-bond acceptors (Lipinski definition) is 6. The topological polar surface area (TPSA) is 115 Å². The number of benzene rings is 1. The molecule has 2 aromatic rings. The summed E-state index contributed by atoms with van der Waals surface area (Å²) in [6.45, 7) is 6.83. The molecule has 4 rings (SSSR count). The Kier molecular flexibility index (Phi) is 7.50. The van der Waals surface area contributed by atoms with Crippen LogP contribution in [0, 0.1) is 13.8 Å². The molecule has 1 aromatic heterocycles. The Labute approximate surface area is 204 Å². The third-order valence-electron chi connectivity index (χ3n) is 6.57. The van der Waals surface area contributed by atoms with Gasteiger partial charge in [0, 0.05) is 45.0 Å². The van der Waals surface area contributed by atoms with E-state index in [0.717, 1.165) is 11.1 Å². The molecule has 0 saturated carbocycles. The summed E-state index contributed by atoms with van der Waals surface area (Å²) in [7, 11) is 0. The first-order valence-electron chi connectivity index (χ1n) is 11.8. The van der Waals surface area contributed by atoms with E-state index in [1.54, 1.807) is 17.0 Å². The van der Waals surface area contributed by atoms with Gasteiger partial charge in [-0.05, 0) is 49.2 Å². The quantitative estimate of drug-likeness (QED) is 0.637. The predicted octanol–water partition coefficient (Wildman–Crippen LogP) is 1.01. The van der Waals surface area contributed by atoms with E-state index in [-0.39, 0.29) is 36.6 Å². The first kappa shape index (κ1) is 24.5. The fraction of sp³-hybridized carbons (Fsp3) is 0.440. The third-order valence-corrected chi connectivity index (χ3v) is 6.57. The lowest BCUT2D eigenvalue weighted by Gasteiger charge is -2.38. The minimum Gasteiger partial charge on any atom is -0.459 e. The molecule has 0 bridgehead atoms. The zero-order chi connectivity index (χ0) is 24.9. The molecule has 0 aliphatic carbocycles. The molecule has 2 saturated heterocycles. The van der Waals surface area contributed by atoms with E-state index in [4.69, 9.17) is 4.42 Å². The maximum Gasteiger partial charge on any atom is 0.289 e. The second-order valence-electron chi connectivity index (χ2n) is 8.99. The Hall–Kier alpha value is -3.66. The molecule has 10 nitrogen and oxygen atoms in total. The van der Waals surface area contributed by atoms with Gasteiger partial charge < -0.3 is 24.9 Å². The van der Waals surface area contributed by atoms with E-state index in [1.807, 2.05) is 36.9 Å². The normalized spacial score (nSPS) is 18.8. The molecule has 2 N–H and O–H groups in total. The second kappa shape index (κ2) is 10.7. The molecule has 2 fully saturated rings. The van der Waals surface area contributed by atoms with E-state index in [0.29, 0.717) is 50.7 Å². The van der Waals surface area contributed by atoms with Gasteiger partial charge in [0.2, 0.25) is 17.7 Å². The number of amides is 4. The molecule has 1 unspecified atom stereocenters. The molecule has 0 radical (unpaired) electrons. The molecule has 1 aromatic carbocycles. The average molecular weight is 482 g/mol. The third kappa shape index (κ3) is 5.89. The van der Waals surface area contributed by atoms with Gasteiger partial charge >= 0.3 is 0 Å². The summed E-state index contributed by atoms with van der Waals surface area (Å²) >= 11 is 0. The van der Waals surface area contributed by atoms with Crippen molar-refractivity contribution in [3.63, 3.8) is 0 Å². The van der Waals surface area contributed by atoms with Crippen LogP contribution in [0.15, 0.2) is 41.0 Å². The van der Waals surface area contributed by atoms with E-state index in [9.17, 15) is 19.2 Å². The smallest absolute Gasteiger partial charge is 0.289 e. The van der Waals surface area contributed by atoms with Crippen LogP contribution in [0.1, 0.15) is 28.1 Å². The molecule has 35 heavy (non-hydrogen) atoms. The first-order chi connectivity index (χ1) is 16.8. The minimum atomic E-state index is -0.857. The zero-order valence-electron chi connectivity index (χ0n) is 20.1. The highest BCUT2D eigenvalue weighted by Crippen LogP contribution is 2.17. The van der Waals surface area contributed by atoms with Crippen molar-refractivity contribution < 1.29 is 23.6 Å². The number of nitrogens with zero attached hydrogens (tertiary/aromatic N) is 3. The molecule has 186 valence electrons. The fourth-order valence-electron chi connectivity index (χ4n) is 4.37. The maximum absolute atomic E-state index is 13.1. The van der Waals surface area contributed by atoms with Crippen molar-refractivity contribution in [1.29, 1.82) is 0 Å². The Morgan fingerprint density at radius 2 is 1.83 bits per heavy atom. The number of hydrogen-bond donors (Lipinski definition) is 2. The summed E-state index contributed by atoms with van der Waals surface area (Å²) in [6.07, 6.45) is 1.35. The van der Waals surface area contributed by atoms with Crippen LogP contribution in [0.4, 0.5) is 5.69 Å². The predicted molar refractivity (Wildman–Crippen MR) is 129 cm³/mol. The zero-order valence-corrected chi connectivity index (χ0v) is 20.1. The van der Waals surface area contributed by atoms with Crippen molar-refractivity contribution in [3.8, 4) is 0 Å². The maximum atomic E-state index is 13.1. The highest BCUT2D eigenvalue weighted by molar-refractivity contribution is 5.97. The Bertz CT molecular complexity index is 1090. The second-order valence-corrected chi connectivity index (χ2v) is 8.99. The van der Waals surface area contributed by atoms with Crippen LogP contribution < -0.4 is 10.6 Å². The monoisotopic (exact) mass is 481 g/mol. The summed E-state index contributed by atoms with van der Waals surface area (Å²) in [6, 6.07) is 8.08. The van der Waals surface area contributed by atoms with Gasteiger partial charge in [0.05, 0.1) is 19.2 Å². The lowest BCUT2D eigenvalue weighted by atomic mass is 10.1. The van der Waals surface area contributed by atoms with Gasteiger partial charge in [-0.15, -0.1) is 0 Å². The first-order valence-corrected chi connectivity index (χ1v) is 11.8. The van der Waals surface area contributed by atoms with E-state index in [2.05, 4.69) is 10.6 Å². The number of furan rings is 1. The fourth-order valence-corrected chi connectivity index (χ4v) is 4.37. The van der Waals surface area contributed by atoms with E-state index < -0.39 is 6.04 Å². The molecule has 4 amide bonds. The van der Waals surface area contributed by atoms with Crippen LogP contribution in [0.25, 0.3) is 0 Å². The van der Waals surface area contributed by atoms with Crippen LogP contribution >= 0.6 is 0 Å². The number of rotatable bonds is 6. The molecular formula is C25H31N5O5. The number of aryl methyl sites for hydroxylation is 2. The number of nitrogens with one attached hydrogen (secondary N) is 2. The molecule has 3 heterocycles. The van der Waals surface area contributed by atoms with Crippen molar-refractivity contribution in [3.05, 3.63) is 53.5 Å². The van der Waals surface area contributed by atoms with Crippen LogP contribution in [0.2, 0.25) is 0 Å². The average Bonchev–Trinajstić information content (AvgIpc) is 3.38. The van der Waals surface area contributed by atoms with Crippen molar-refractivity contribution in [2.24, 2.45) is 0 Å². The van der Waals surface area contributed by atoms with Crippen molar-refractivity contribution in [2.45, 2.75) is 26.3 Å².